The van der Waals surface area contributed by atoms with Gasteiger partial charge in [-0.05, 0) is 24.3 Å². The van der Waals surface area contributed by atoms with Gasteiger partial charge in [-0.1, -0.05) is 23.5 Å². The lowest BCUT2D eigenvalue weighted by Gasteiger charge is -2.12. The molecule has 0 aromatic heterocycles. The predicted molar refractivity (Wildman–Crippen MR) is 55.3 cm³/mol. The molecule has 1 aromatic rings. The third-order valence-corrected chi connectivity index (χ3v) is 3.76. The smallest absolute Gasteiger partial charge is 0.132 e. The number of thioether (sulfide) groups is 2. The van der Waals surface area contributed by atoms with E-state index >= 15 is 0 Å². The van der Waals surface area contributed by atoms with E-state index in [-0.39, 0.29) is 5.75 Å². The van der Waals surface area contributed by atoms with E-state index in [1.54, 1.807) is 35.7 Å². The van der Waals surface area contributed by atoms with Crippen LogP contribution < -0.4 is 0 Å². The molecule has 0 aliphatic carbocycles. The Kier molecular flexibility index (Phi) is 2.28. The molecule has 0 bridgehead atoms. The fraction of sp³-hybridized carbons (Fsp3) is 0.125. The molecule has 1 N–H and O–H groups in total. The highest BCUT2D eigenvalue weighted by atomic mass is 32.3. The Morgan fingerprint density at radius 2 is 1.83 bits per heavy atom. The average molecular weight is 197 g/mol. The highest BCUT2D eigenvalue weighted by molar-refractivity contribution is 8.52. The first-order valence-corrected chi connectivity index (χ1v) is 5.45. The normalized spacial score (nSPS) is 15.5. The molecule has 1 heterocycles. The van der Waals surface area contributed by atoms with Crippen molar-refractivity contribution in [2.45, 2.75) is 0 Å². The van der Waals surface area contributed by atoms with Gasteiger partial charge in [-0.25, -0.2) is 4.99 Å². The van der Waals surface area contributed by atoms with Crippen LogP contribution in [0.5, 0.6) is 5.75 Å². The van der Waals surface area contributed by atoms with Gasteiger partial charge < -0.3 is 5.11 Å². The fourth-order valence-electron chi connectivity index (χ4n) is 0.809. The van der Waals surface area contributed by atoms with E-state index in [1.807, 2.05) is 12.1 Å². The summed E-state index contributed by atoms with van der Waals surface area (Å²) in [6.07, 6.45) is 0. The van der Waals surface area contributed by atoms with Crippen LogP contribution in [0.4, 0.5) is 5.69 Å². The van der Waals surface area contributed by atoms with Crippen LogP contribution in [-0.2, 0) is 0 Å². The summed E-state index contributed by atoms with van der Waals surface area (Å²) in [6.45, 7) is 0. The minimum absolute atomic E-state index is 0.285. The van der Waals surface area contributed by atoms with Crippen LogP contribution in [0.3, 0.4) is 0 Å². The number of benzene rings is 1. The number of nitrogens with zero attached hydrogens (tertiary/aromatic N) is 1. The first-order valence-electron chi connectivity index (χ1n) is 3.48. The van der Waals surface area contributed by atoms with Gasteiger partial charge >= 0.3 is 0 Å². The number of hydrogen-bond donors (Lipinski definition) is 1. The number of phenolic OH excluding ortho intramolecular Hbond substituents is 1. The zero-order chi connectivity index (χ0) is 8.39. The molecular formula is C8H7NOS2. The summed E-state index contributed by atoms with van der Waals surface area (Å²) in [5.74, 6) is 0.285. The lowest BCUT2D eigenvalue weighted by molar-refractivity contribution is 0.475. The monoisotopic (exact) mass is 197 g/mol. The standard InChI is InChI=1S/C8H7NOS2/c10-7-3-1-6(2-4-7)9-8-11-5-12-8/h1-4,10H,5H2. The molecule has 1 aliphatic rings. The van der Waals surface area contributed by atoms with Crippen LogP contribution in [0.25, 0.3) is 0 Å². The lowest BCUT2D eigenvalue weighted by atomic mass is 10.3. The maximum atomic E-state index is 9.00. The summed E-state index contributed by atoms with van der Waals surface area (Å²) in [7, 11) is 0. The molecule has 1 fully saturated rings. The van der Waals surface area contributed by atoms with Crippen LogP contribution in [0, 0.1) is 0 Å². The number of aliphatic imine (C=N–C) groups is 1. The highest BCUT2D eigenvalue weighted by Gasteiger charge is 2.11. The Morgan fingerprint density at radius 3 is 2.33 bits per heavy atom. The Bertz CT molecular complexity index is 301. The van der Waals surface area contributed by atoms with E-state index in [1.165, 1.54) is 0 Å². The van der Waals surface area contributed by atoms with E-state index < -0.39 is 0 Å². The van der Waals surface area contributed by atoms with Crippen molar-refractivity contribution in [3.63, 3.8) is 0 Å². The van der Waals surface area contributed by atoms with Gasteiger partial charge in [0.25, 0.3) is 0 Å². The van der Waals surface area contributed by atoms with Gasteiger partial charge in [0.05, 0.1) is 10.8 Å². The Morgan fingerprint density at radius 1 is 1.17 bits per heavy atom. The molecule has 2 nitrogen and oxygen atoms in total. The van der Waals surface area contributed by atoms with Crippen LogP contribution in [0.1, 0.15) is 0 Å². The van der Waals surface area contributed by atoms with Gasteiger partial charge in [0.1, 0.15) is 10.1 Å². The van der Waals surface area contributed by atoms with Crippen molar-refractivity contribution in [1.82, 2.24) is 0 Å². The number of phenols is 1. The van der Waals surface area contributed by atoms with Gasteiger partial charge in [0.2, 0.25) is 0 Å². The SMILES string of the molecule is Oc1ccc(N=C2SCS2)cc1. The summed E-state index contributed by atoms with van der Waals surface area (Å²) in [4.78, 5) is 4.34. The van der Waals surface area contributed by atoms with E-state index in [2.05, 4.69) is 4.99 Å². The summed E-state index contributed by atoms with van der Waals surface area (Å²) >= 11 is 3.51. The fourth-order valence-corrected chi connectivity index (χ4v) is 2.04. The third-order valence-electron chi connectivity index (χ3n) is 1.43. The van der Waals surface area contributed by atoms with E-state index in [9.17, 15) is 0 Å². The first kappa shape index (κ1) is 8.01. The number of aromatic hydroxyl groups is 1. The molecule has 1 aliphatic heterocycles. The van der Waals surface area contributed by atoms with E-state index in [0.717, 1.165) is 15.1 Å². The zero-order valence-corrected chi connectivity index (χ0v) is 7.86. The van der Waals surface area contributed by atoms with Crippen LogP contribution in [0.15, 0.2) is 29.3 Å². The molecule has 0 atom stereocenters. The minimum Gasteiger partial charge on any atom is -0.508 e. The van der Waals surface area contributed by atoms with Crippen molar-refractivity contribution in [3.8, 4) is 5.75 Å². The third kappa shape index (κ3) is 1.76. The van der Waals surface area contributed by atoms with Crippen LogP contribution in [0.2, 0.25) is 0 Å². The quantitative estimate of drug-likeness (QED) is 0.751. The van der Waals surface area contributed by atoms with Crippen molar-refractivity contribution in [3.05, 3.63) is 24.3 Å². The maximum Gasteiger partial charge on any atom is 0.132 e. The molecule has 2 rings (SSSR count). The predicted octanol–water partition coefficient (Wildman–Crippen LogP) is 2.82. The summed E-state index contributed by atoms with van der Waals surface area (Å²) in [6, 6.07) is 6.91. The highest BCUT2D eigenvalue weighted by Crippen LogP contribution is 2.35. The molecule has 12 heavy (non-hydrogen) atoms. The van der Waals surface area contributed by atoms with Gasteiger partial charge in [-0.15, -0.1) is 0 Å². The van der Waals surface area contributed by atoms with Crippen LogP contribution in [-0.4, -0.2) is 14.6 Å². The summed E-state index contributed by atoms with van der Waals surface area (Å²) < 4.78 is 1.11. The summed E-state index contributed by atoms with van der Waals surface area (Å²) in [5.41, 5.74) is 0.905. The molecule has 1 aromatic carbocycles. The van der Waals surface area contributed by atoms with Gasteiger partial charge in [0.15, 0.2) is 0 Å². The molecular weight excluding hydrogens is 190 g/mol. The lowest BCUT2D eigenvalue weighted by Crippen LogP contribution is -1.96. The number of hydrogen-bond acceptors (Lipinski definition) is 4. The number of rotatable bonds is 1. The molecule has 0 spiro atoms. The van der Waals surface area contributed by atoms with Crippen molar-refractivity contribution in [2.75, 3.05) is 5.08 Å². The van der Waals surface area contributed by atoms with Gasteiger partial charge in [0, 0.05) is 0 Å². The second-order valence-electron chi connectivity index (χ2n) is 2.30. The maximum absolute atomic E-state index is 9.00. The molecule has 0 saturated carbocycles. The first-order chi connectivity index (χ1) is 5.84. The second kappa shape index (κ2) is 3.41. The Labute approximate surface area is 79.1 Å². The van der Waals surface area contributed by atoms with Crippen molar-refractivity contribution >= 4 is 33.6 Å². The zero-order valence-electron chi connectivity index (χ0n) is 6.23. The average Bonchev–Trinajstić information content (AvgIpc) is 2.00. The van der Waals surface area contributed by atoms with E-state index in [4.69, 9.17) is 5.11 Å². The Hall–Kier alpha value is -0.610. The van der Waals surface area contributed by atoms with Crippen molar-refractivity contribution in [2.24, 2.45) is 4.99 Å². The topological polar surface area (TPSA) is 32.6 Å². The molecule has 1 saturated heterocycles. The summed E-state index contributed by atoms with van der Waals surface area (Å²) in [5, 5.41) is 10.1. The second-order valence-corrected chi connectivity index (χ2v) is 4.85. The molecule has 0 unspecified atom stereocenters. The molecule has 4 heteroatoms. The van der Waals surface area contributed by atoms with Crippen molar-refractivity contribution in [1.29, 1.82) is 0 Å². The van der Waals surface area contributed by atoms with Crippen molar-refractivity contribution < 1.29 is 5.11 Å². The van der Waals surface area contributed by atoms with Gasteiger partial charge in [-0.3, -0.25) is 0 Å². The molecule has 62 valence electrons. The largest absolute Gasteiger partial charge is 0.508 e. The Balaban J connectivity index is 2.18. The van der Waals surface area contributed by atoms with Crippen LogP contribution >= 0.6 is 23.5 Å². The van der Waals surface area contributed by atoms with Gasteiger partial charge in [-0.2, -0.15) is 0 Å². The minimum atomic E-state index is 0.285. The molecule has 0 radical (unpaired) electrons. The molecule has 0 amide bonds. The van der Waals surface area contributed by atoms with E-state index in [0.29, 0.717) is 0 Å².